The van der Waals surface area contributed by atoms with E-state index in [4.69, 9.17) is 4.74 Å². The van der Waals surface area contributed by atoms with E-state index in [0.717, 1.165) is 0 Å². The zero-order valence-corrected chi connectivity index (χ0v) is 14.8. The Hall–Kier alpha value is -1.84. The van der Waals surface area contributed by atoms with Crippen LogP contribution in [0.1, 0.15) is 12.7 Å². The highest BCUT2D eigenvalue weighted by molar-refractivity contribution is 8.00. The third kappa shape index (κ3) is 3.47. The molecule has 0 saturated carbocycles. The van der Waals surface area contributed by atoms with Gasteiger partial charge in [0, 0.05) is 20.1 Å². The molecule has 0 unspecified atom stereocenters. The Kier molecular flexibility index (Phi) is 5.22. The summed E-state index contributed by atoms with van der Waals surface area (Å²) in [6, 6.07) is 4.03. The molecular formula is C15H15FN4O2S2. The van der Waals surface area contributed by atoms with E-state index in [1.807, 2.05) is 6.92 Å². The van der Waals surface area contributed by atoms with E-state index >= 15 is 0 Å². The molecule has 0 aliphatic heterocycles. The second-order valence-electron chi connectivity index (χ2n) is 4.93. The molecule has 0 spiro atoms. The Labute approximate surface area is 145 Å². The van der Waals surface area contributed by atoms with E-state index < -0.39 is 5.82 Å². The van der Waals surface area contributed by atoms with Crippen LogP contribution in [-0.2, 0) is 17.7 Å². The highest BCUT2D eigenvalue weighted by atomic mass is 32.2. The van der Waals surface area contributed by atoms with Gasteiger partial charge in [0.25, 0.3) is 5.56 Å². The van der Waals surface area contributed by atoms with Crippen molar-refractivity contribution in [2.45, 2.75) is 29.4 Å². The Morgan fingerprint density at radius 2 is 2.21 bits per heavy atom. The second-order valence-corrected chi connectivity index (χ2v) is 6.89. The van der Waals surface area contributed by atoms with Crippen LogP contribution in [0.25, 0.3) is 10.9 Å². The summed E-state index contributed by atoms with van der Waals surface area (Å²) in [4.78, 5) is 21.5. The number of benzene rings is 1. The van der Waals surface area contributed by atoms with Crippen molar-refractivity contribution in [1.82, 2.24) is 18.9 Å². The highest BCUT2D eigenvalue weighted by Gasteiger charge is 2.14. The molecule has 9 heteroatoms. The van der Waals surface area contributed by atoms with Crippen LogP contribution in [0.3, 0.4) is 0 Å². The maximum Gasteiger partial charge on any atom is 0.262 e. The molecule has 2 aromatic heterocycles. The molecule has 1 aromatic carbocycles. The third-order valence-corrected chi connectivity index (χ3v) is 5.14. The van der Waals surface area contributed by atoms with Gasteiger partial charge in [-0.25, -0.2) is 14.4 Å². The normalized spacial score (nSPS) is 11.3. The molecule has 3 aromatic rings. The van der Waals surface area contributed by atoms with Crippen LogP contribution in [0.2, 0.25) is 0 Å². The highest BCUT2D eigenvalue weighted by Crippen LogP contribution is 2.28. The number of hydrogen-bond donors (Lipinski definition) is 0. The monoisotopic (exact) mass is 366 g/mol. The number of aromatic nitrogens is 4. The Morgan fingerprint density at radius 1 is 1.38 bits per heavy atom. The van der Waals surface area contributed by atoms with Gasteiger partial charge in [-0.2, -0.15) is 4.37 Å². The standard InChI is InChI=1S/C15H15FN4O2S2/c1-3-20-13(21)10-8-9(16)4-5-11(10)17-14(20)23-15-18-12(19-24-15)6-7-22-2/h4-5,8H,3,6-7H2,1-2H3. The molecule has 126 valence electrons. The summed E-state index contributed by atoms with van der Waals surface area (Å²) in [6.07, 6.45) is 0.637. The van der Waals surface area contributed by atoms with Crippen LogP contribution in [0.15, 0.2) is 32.5 Å². The van der Waals surface area contributed by atoms with E-state index in [0.29, 0.717) is 40.4 Å². The average molecular weight is 366 g/mol. The number of halogens is 1. The van der Waals surface area contributed by atoms with E-state index in [9.17, 15) is 9.18 Å². The van der Waals surface area contributed by atoms with Crippen molar-refractivity contribution in [3.05, 3.63) is 40.2 Å². The fourth-order valence-electron chi connectivity index (χ4n) is 2.18. The number of methoxy groups -OCH3 is 1. The first-order valence-corrected chi connectivity index (χ1v) is 8.91. The molecule has 0 atom stereocenters. The number of nitrogens with zero attached hydrogens (tertiary/aromatic N) is 4. The summed E-state index contributed by atoms with van der Waals surface area (Å²) in [5.74, 6) is 0.258. The van der Waals surface area contributed by atoms with Crippen molar-refractivity contribution in [2.24, 2.45) is 0 Å². The fraction of sp³-hybridized carbons (Fsp3) is 0.333. The average Bonchev–Trinajstić information content (AvgIpc) is 3.01. The lowest BCUT2D eigenvalue weighted by Gasteiger charge is -2.09. The summed E-state index contributed by atoms with van der Waals surface area (Å²) in [5, 5.41) is 0.801. The lowest BCUT2D eigenvalue weighted by atomic mass is 10.2. The molecule has 3 rings (SSSR count). The minimum Gasteiger partial charge on any atom is -0.384 e. The molecule has 24 heavy (non-hydrogen) atoms. The van der Waals surface area contributed by atoms with Crippen molar-refractivity contribution >= 4 is 34.2 Å². The second kappa shape index (κ2) is 7.37. The summed E-state index contributed by atoms with van der Waals surface area (Å²) in [6.45, 7) is 2.85. The number of rotatable bonds is 6. The SMILES string of the molecule is CCn1c(Sc2nc(CCOC)ns2)nc2ccc(F)cc2c1=O. The predicted octanol–water partition coefficient (Wildman–Crippen LogP) is 2.75. The van der Waals surface area contributed by atoms with Crippen LogP contribution >= 0.6 is 23.3 Å². The molecule has 0 saturated heterocycles. The van der Waals surface area contributed by atoms with Gasteiger partial charge < -0.3 is 4.74 Å². The fourth-order valence-corrected chi connectivity index (χ4v) is 3.90. The van der Waals surface area contributed by atoms with Crippen LogP contribution in [-0.4, -0.2) is 32.6 Å². The first-order chi connectivity index (χ1) is 11.6. The minimum atomic E-state index is -0.448. The van der Waals surface area contributed by atoms with E-state index in [-0.39, 0.29) is 10.9 Å². The summed E-state index contributed by atoms with van der Waals surface area (Å²) < 4.78 is 24.9. The smallest absolute Gasteiger partial charge is 0.262 e. The van der Waals surface area contributed by atoms with Crippen molar-refractivity contribution < 1.29 is 9.13 Å². The predicted molar refractivity (Wildman–Crippen MR) is 91.2 cm³/mol. The number of hydrogen-bond acceptors (Lipinski definition) is 7. The molecule has 0 radical (unpaired) electrons. The van der Waals surface area contributed by atoms with Crippen LogP contribution < -0.4 is 5.56 Å². The quantitative estimate of drug-likeness (QED) is 0.625. The van der Waals surface area contributed by atoms with Crippen molar-refractivity contribution in [1.29, 1.82) is 0 Å². The van der Waals surface area contributed by atoms with E-state index in [2.05, 4.69) is 14.3 Å². The summed E-state index contributed by atoms with van der Waals surface area (Å²) >= 11 is 2.55. The lowest BCUT2D eigenvalue weighted by Crippen LogP contribution is -2.22. The van der Waals surface area contributed by atoms with E-state index in [1.54, 1.807) is 7.11 Å². The molecule has 0 bridgehead atoms. The van der Waals surface area contributed by atoms with Crippen molar-refractivity contribution in [3.63, 3.8) is 0 Å². The largest absolute Gasteiger partial charge is 0.384 e. The summed E-state index contributed by atoms with van der Waals surface area (Å²) in [5.41, 5.74) is 0.214. The summed E-state index contributed by atoms with van der Waals surface area (Å²) in [7, 11) is 1.63. The first kappa shape index (κ1) is 17.0. The maximum atomic E-state index is 13.4. The maximum absolute atomic E-state index is 13.4. The molecule has 2 heterocycles. The van der Waals surface area contributed by atoms with Crippen LogP contribution in [0.4, 0.5) is 4.39 Å². The molecule has 0 amide bonds. The zero-order chi connectivity index (χ0) is 17.1. The molecule has 0 aliphatic carbocycles. The number of fused-ring (bicyclic) bond motifs is 1. The van der Waals surface area contributed by atoms with Gasteiger partial charge in [0.05, 0.1) is 17.5 Å². The number of ether oxygens (including phenoxy) is 1. The first-order valence-electron chi connectivity index (χ1n) is 7.32. The molecule has 6 nitrogen and oxygen atoms in total. The van der Waals surface area contributed by atoms with Gasteiger partial charge in [0.1, 0.15) is 11.6 Å². The van der Waals surface area contributed by atoms with Gasteiger partial charge >= 0.3 is 0 Å². The molecule has 0 N–H and O–H groups in total. The van der Waals surface area contributed by atoms with Gasteiger partial charge in [-0.15, -0.1) is 0 Å². The van der Waals surface area contributed by atoms with Gasteiger partial charge in [-0.05, 0) is 48.4 Å². The van der Waals surface area contributed by atoms with Crippen LogP contribution in [0.5, 0.6) is 0 Å². The molecule has 0 aliphatic rings. The molecule has 0 fully saturated rings. The van der Waals surface area contributed by atoms with Crippen molar-refractivity contribution in [3.8, 4) is 0 Å². The van der Waals surface area contributed by atoms with Gasteiger partial charge in [0.15, 0.2) is 9.50 Å². The Bertz CT molecular complexity index is 925. The van der Waals surface area contributed by atoms with Gasteiger partial charge in [-0.1, -0.05) is 0 Å². The Morgan fingerprint density at radius 3 is 2.96 bits per heavy atom. The topological polar surface area (TPSA) is 69.9 Å². The van der Waals surface area contributed by atoms with Gasteiger partial charge in [-0.3, -0.25) is 9.36 Å². The van der Waals surface area contributed by atoms with E-state index in [1.165, 1.54) is 46.1 Å². The van der Waals surface area contributed by atoms with Gasteiger partial charge in [0.2, 0.25) is 0 Å². The van der Waals surface area contributed by atoms with Crippen LogP contribution in [0, 0.1) is 5.82 Å². The van der Waals surface area contributed by atoms with Crippen molar-refractivity contribution in [2.75, 3.05) is 13.7 Å². The minimum absolute atomic E-state index is 0.256. The molecular weight excluding hydrogens is 351 g/mol. The Balaban J connectivity index is 1.98. The third-order valence-electron chi connectivity index (χ3n) is 3.36. The zero-order valence-electron chi connectivity index (χ0n) is 13.2. The lowest BCUT2D eigenvalue weighted by molar-refractivity contribution is 0.200.